The molecule has 24 heavy (non-hydrogen) atoms. The lowest BCUT2D eigenvalue weighted by Gasteiger charge is -2.19. The van der Waals surface area contributed by atoms with E-state index in [0.717, 1.165) is 12.1 Å². The van der Waals surface area contributed by atoms with Crippen molar-refractivity contribution >= 4 is 17.5 Å². The van der Waals surface area contributed by atoms with Crippen molar-refractivity contribution in [3.63, 3.8) is 0 Å². The Hall–Kier alpha value is -2.76. The fraction of sp³-hybridized carbons (Fsp3) is 0.222. The highest BCUT2D eigenvalue weighted by Crippen LogP contribution is 2.17. The van der Waals surface area contributed by atoms with Crippen molar-refractivity contribution in [3.05, 3.63) is 65.2 Å². The molecule has 0 heterocycles. The molecule has 0 spiro atoms. The molecule has 2 aromatic rings. The van der Waals surface area contributed by atoms with Crippen molar-refractivity contribution in [2.75, 3.05) is 18.4 Å². The van der Waals surface area contributed by atoms with E-state index >= 15 is 0 Å². The second-order valence-electron chi connectivity index (χ2n) is 5.11. The van der Waals surface area contributed by atoms with Gasteiger partial charge in [-0.25, -0.2) is 8.78 Å². The number of hydrogen-bond acceptors (Lipinski definition) is 2. The van der Waals surface area contributed by atoms with Crippen LogP contribution in [0.5, 0.6) is 0 Å². The van der Waals surface area contributed by atoms with E-state index in [1.807, 2.05) is 13.8 Å². The lowest BCUT2D eigenvalue weighted by Crippen LogP contribution is -2.30. The summed E-state index contributed by atoms with van der Waals surface area (Å²) in [6, 6.07) is 9.47. The molecule has 0 aliphatic rings. The van der Waals surface area contributed by atoms with E-state index in [1.165, 1.54) is 12.1 Å². The Kier molecular flexibility index (Phi) is 5.63. The van der Waals surface area contributed by atoms with Gasteiger partial charge in [0.05, 0.1) is 0 Å². The summed E-state index contributed by atoms with van der Waals surface area (Å²) in [7, 11) is 0. The van der Waals surface area contributed by atoms with Gasteiger partial charge in [-0.3, -0.25) is 9.59 Å². The number of benzene rings is 2. The molecule has 0 radical (unpaired) electrons. The van der Waals surface area contributed by atoms with Crippen LogP contribution in [0, 0.1) is 11.6 Å². The van der Waals surface area contributed by atoms with Gasteiger partial charge in [-0.15, -0.1) is 0 Å². The van der Waals surface area contributed by atoms with Crippen molar-refractivity contribution < 1.29 is 18.4 Å². The van der Waals surface area contributed by atoms with E-state index in [0.29, 0.717) is 24.3 Å². The zero-order chi connectivity index (χ0) is 17.7. The maximum absolute atomic E-state index is 13.6. The average molecular weight is 332 g/mol. The molecule has 0 aromatic heterocycles. The van der Waals surface area contributed by atoms with E-state index in [1.54, 1.807) is 23.1 Å². The number of carbonyl (C=O) groups excluding carboxylic acids is 2. The first-order valence-corrected chi connectivity index (χ1v) is 7.62. The minimum absolute atomic E-state index is 0.173. The molecule has 2 rings (SSSR count). The number of anilines is 1. The molecule has 126 valence electrons. The number of halogens is 2. The second kappa shape index (κ2) is 7.68. The molecule has 1 N–H and O–H groups in total. The first-order valence-electron chi connectivity index (χ1n) is 7.62. The largest absolute Gasteiger partial charge is 0.339 e. The fourth-order valence-electron chi connectivity index (χ4n) is 2.33. The van der Waals surface area contributed by atoms with E-state index in [9.17, 15) is 18.4 Å². The van der Waals surface area contributed by atoms with Crippen LogP contribution in [0.4, 0.5) is 14.5 Å². The van der Waals surface area contributed by atoms with Crippen LogP contribution in [0.25, 0.3) is 0 Å². The summed E-state index contributed by atoms with van der Waals surface area (Å²) in [5.41, 5.74) is 0.0316. The van der Waals surface area contributed by atoms with Crippen LogP contribution in [0.1, 0.15) is 34.6 Å². The van der Waals surface area contributed by atoms with Gasteiger partial charge in [-0.1, -0.05) is 12.1 Å². The van der Waals surface area contributed by atoms with E-state index in [-0.39, 0.29) is 5.91 Å². The van der Waals surface area contributed by atoms with Gasteiger partial charge in [0.15, 0.2) is 0 Å². The minimum Gasteiger partial charge on any atom is -0.339 e. The molecule has 0 aliphatic heterocycles. The second-order valence-corrected chi connectivity index (χ2v) is 5.11. The Balaban J connectivity index is 2.24. The van der Waals surface area contributed by atoms with Gasteiger partial charge in [0.1, 0.15) is 17.2 Å². The van der Waals surface area contributed by atoms with Crippen molar-refractivity contribution in [3.8, 4) is 0 Å². The minimum atomic E-state index is -0.942. The maximum atomic E-state index is 13.6. The fourth-order valence-corrected chi connectivity index (χ4v) is 2.33. The van der Waals surface area contributed by atoms with E-state index in [2.05, 4.69) is 5.32 Å². The van der Waals surface area contributed by atoms with Gasteiger partial charge in [0.2, 0.25) is 0 Å². The maximum Gasteiger partial charge on any atom is 0.261 e. The molecule has 0 saturated heterocycles. The Morgan fingerprint density at radius 1 is 1.00 bits per heavy atom. The molecule has 0 saturated carbocycles. The van der Waals surface area contributed by atoms with Gasteiger partial charge in [0.25, 0.3) is 11.8 Å². The van der Waals surface area contributed by atoms with Crippen LogP contribution >= 0.6 is 0 Å². The van der Waals surface area contributed by atoms with Gasteiger partial charge >= 0.3 is 0 Å². The highest BCUT2D eigenvalue weighted by Gasteiger charge is 2.18. The Morgan fingerprint density at radius 3 is 2.17 bits per heavy atom. The van der Waals surface area contributed by atoms with Gasteiger partial charge in [0, 0.05) is 24.3 Å². The Bertz CT molecular complexity index is 738. The molecule has 2 aromatic carbocycles. The molecule has 0 unspecified atom stereocenters. The third-order valence-electron chi connectivity index (χ3n) is 3.61. The SMILES string of the molecule is CCN(CC)C(=O)c1cccc(NC(=O)c2c(F)cccc2F)c1. The van der Waals surface area contributed by atoms with Gasteiger partial charge in [-0.05, 0) is 44.2 Å². The zero-order valence-electron chi connectivity index (χ0n) is 13.5. The van der Waals surface area contributed by atoms with Crippen molar-refractivity contribution in [2.24, 2.45) is 0 Å². The topological polar surface area (TPSA) is 49.4 Å². The summed E-state index contributed by atoms with van der Waals surface area (Å²) in [5.74, 6) is -2.96. The molecule has 2 amide bonds. The number of amides is 2. The quantitative estimate of drug-likeness (QED) is 0.907. The molecular weight excluding hydrogens is 314 g/mol. The number of nitrogens with zero attached hydrogens (tertiary/aromatic N) is 1. The average Bonchev–Trinajstić information content (AvgIpc) is 2.56. The first kappa shape index (κ1) is 17.6. The molecule has 6 heteroatoms. The number of rotatable bonds is 5. The lowest BCUT2D eigenvalue weighted by atomic mass is 10.1. The molecule has 0 atom stereocenters. The van der Waals surface area contributed by atoms with E-state index in [4.69, 9.17) is 0 Å². The van der Waals surface area contributed by atoms with Crippen molar-refractivity contribution in [1.82, 2.24) is 4.90 Å². The number of carbonyl (C=O) groups is 2. The standard InChI is InChI=1S/C18H18F2N2O2/c1-3-22(4-2)18(24)12-7-5-8-13(11-12)21-17(23)16-14(19)9-6-10-15(16)20/h5-11H,3-4H2,1-2H3,(H,21,23). The molecule has 0 bridgehead atoms. The monoisotopic (exact) mass is 332 g/mol. The molecule has 0 fully saturated rings. The summed E-state index contributed by atoms with van der Waals surface area (Å²) < 4.78 is 27.3. The summed E-state index contributed by atoms with van der Waals surface area (Å²) >= 11 is 0. The normalized spacial score (nSPS) is 10.3. The highest BCUT2D eigenvalue weighted by molar-refractivity contribution is 6.05. The van der Waals surface area contributed by atoms with Crippen LogP contribution in [0.15, 0.2) is 42.5 Å². The summed E-state index contributed by atoms with van der Waals surface area (Å²) in [6.45, 7) is 4.86. The highest BCUT2D eigenvalue weighted by atomic mass is 19.1. The first-order chi connectivity index (χ1) is 11.5. The molecular formula is C18H18F2N2O2. The van der Waals surface area contributed by atoms with Crippen LogP contribution in [-0.4, -0.2) is 29.8 Å². The van der Waals surface area contributed by atoms with Crippen LogP contribution in [0.3, 0.4) is 0 Å². The van der Waals surface area contributed by atoms with E-state index < -0.39 is 23.1 Å². The van der Waals surface area contributed by atoms with Crippen molar-refractivity contribution in [2.45, 2.75) is 13.8 Å². The van der Waals surface area contributed by atoms with Crippen LogP contribution in [0.2, 0.25) is 0 Å². The predicted octanol–water partition coefficient (Wildman–Crippen LogP) is 3.70. The third-order valence-corrected chi connectivity index (χ3v) is 3.61. The molecule has 0 aliphatic carbocycles. The Morgan fingerprint density at radius 2 is 1.58 bits per heavy atom. The summed E-state index contributed by atoms with van der Waals surface area (Å²) in [5, 5.41) is 2.42. The summed E-state index contributed by atoms with van der Waals surface area (Å²) in [6.07, 6.45) is 0. The van der Waals surface area contributed by atoms with Gasteiger partial charge < -0.3 is 10.2 Å². The zero-order valence-corrected chi connectivity index (χ0v) is 13.5. The smallest absolute Gasteiger partial charge is 0.261 e. The van der Waals surface area contributed by atoms with Gasteiger partial charge in [-0.2, -0.15) is 0 Å². The number of nitrogens with one attached hydrogen (secondary N) is 1. The van der Waals surface area contributed by atoms with Crippen molar-refractivity contribution in [1.29, 1.82) is 0 Å². The van der Waals surface area contributed by atoms with Crippen LogP contribution < -0.4 is 5.32 Å². The third kappa shape index (κ3) is 3.76. The Labute approximate surface area is 139 Å². The molecule has 4 nitrogen and oxygen atoms in total. The predicted molar refractivity (Wildman–Crippen MR) is 88.0 cm³/mol. The number of hydrogen-bond donors (Lipinski definition) is 1. The summed E-state index contributed by atoms with van der Waals surface area (Å²) in [4.78, 5) is 26.0. The van der Waals surface area contributed by atoms with Crippen LogP contribution in [-0.2, 0) is 0 Å². The lowest BCUT2D eigenvalue weighted by molar-refractivity contribution is 0.0772.